The average Bonchev–Trinajstić information content (AvgIpc) is 2.82. The molecule has 1 aliphatic rings. The van der Waals surface area contributed by atoms with Crippen molar-refractivity contribution in [3.05, 3.63) is 28.6 Å². The molecule has 0 spiro atoms. The Labute approximate surface area is 174 Å². The molecular weight excluding hydrogens is 441 g/mol. The third kappa shape index (κ3) is 6.90. The van der Waals surface area contributed by atoms with Crippen LogP contribution < -0.4 is 10.6 Å². The average molecular weight is 475 g/mol. The number of ether oxygens (including phenoxy) is 1. The summed E-state index contributed by atoms with van der Waals surface area (Å²) < 4.78 is 7.31. The monoisotopic (exact) mass is 475 g/mol. The number of halogens is 1. The molecule has 0 fully saturated rings. The predicted octanol–water partition coefficient (Wildman–Crippen LogP) is 2.88. The zero-order valence-electron chi connectivity index (χ0n) is 16.8. The van der Waals surface area contributed by atoms with Gasteiger partial charge in [-0.15, -0.1) is 24.0 Å². The minimum absolute atomic E-state index is 0. The van der Waals surface area contributed by atoms with Crippen molar-refractivity contribution < 1.29 is 4.74 Å². The van der Waals surface area contributed by atoms with Crippen LogP contribution in [0.15, 0.2) is 16.6 Å². The molecule has 0 bridgehead atoms. The quantitative estimate of drug-likeness (QED) is 0.276. The number of aryl methyl sites for hydroxylation is 2. The largest absolute Gasteiger partial charge is 0.377 e. The fourth-order valence-corrected chi connectivity index (χ4v) is 3.13. The first kappa shape index (κ1) is 23.0. The van der Waals surface area contributed by atoms with Gasteiger partial charge >= 0.3 is 0 Å². The summed E-state index contributed by atoms with van der Waals surface area (Å²) >= 11 is 0. The lowest BCUT2D eigenvalue weighted by Gasteiger charge is -2.18. The second kappa shape index (κ2) is 11.6. The highest BCUT2D eigenvalue weighted by atomic mass is 127. The molecule has 148 valence electrons. The van der Waals surface area contributed by atoms with Crippen molar-refractivity contribution in [2.24, 2.45) is 12.0 Å². The van der Waals surface area contributed by atoms with Crippen LogP contribution >= 0.6 is 24.0 Å². The van der Waals surface area contributed by atoms with E-state index in [1.54, 1.807) is 0 Å². The van der Waals surface area contributed by atoms with Crippen molar-refractivity contribution in [3.63, 3.8) is 0 Å². The highest BCUT2D eigenvalue weighted by molar-refractivity contribution is 14.0. The van der Waals surface area contributed by atoms with Crippen LogP contribution in [-0.2, 0) is 18.2 Å². The van der Waals surface area contributed by atoms with Crippen LogP contribution in [0.3, 0.4) is 0 Å². The fourth-order valence-electron chi connectivity index (χ4n) is 3.13. The van der Waals surface area contributed by atoms with Crippen molar-refractivity contribution in [2.75, 3.05) is 26.3 Å². The van der Waals surface area contributed by atoms with E-state index in [1.807, 2.05) is 11.7 Å². The zero-order chi connectivity index (χ0) is 18.2. The van der Waals surface area contributed by atoms with E-state index in [-0.39, 0.29) is 24.0 Å². The minimum Gasteiger partial charge on any atom is -0.377 e. The number of hydrogen-bond donors (Lipinski definition) is 2. The molecule has 6 nitrogen and oxygen atoms in total. The molecule has 0 aliphatic carbocycles. The van der Waals surface area contributed by atoms with Crippen molar-refractivity contribution in [2.45, 2.75) is 53.0 Å². The lowest BCUT2D eigenvalue weighted by atomic mass is 10.1. The van der Waals surface area contributed by atoms with E-state index in [0.29, 0.717) is 6.04 Å². The molecule has 1 aliphatic heterocycles. The number of guanidine groups is 1. The first-order valence-corrected chi connectivity index (χ1v) is 9.30. The molecule has 2 rings (SSSR count). The van der Waals surface area contributed by atoms with Crippen LogP contribution in [0, 0.1) is 13.8 Å². The van der Waals surface area contributed by atoms with Gasteiger partial charge in [0.2, 0.25) is 0 Å². The lowest BCUT2D eigenvalue weighted by molar-refractivity contribution is 0.153. The molecule has 2 N–H and O–H groups in total. The van der Waals surface area contributed by atoms with Gasteiger partial charge in [-0.1, -0.05) is 11.6 Å². The number of aliphatic imine (C=N–C) groups is 1. The Morgan fingerprint density at radius 1 is 1.42 bits per heavy atom. The van der Waals surface area contributed by atoms with Crippen molar-refractivity contribution in [3.8, 4) is 0 Å². The summed E-state index contributed by atoms with van der Waals surface area (Å²) in [5.74, 6) is 0.891. The molecule has 1 atom stereocenters. The Balaban J connectivity index is 0.00000338. The van der Waals surface area contributed by atoms with Gasteiger partial charge in [0.05, 0.1) is 18.9 Å². The molecule has 2 heterocycles. The minimum atomic E-state index is 0. The summed E-state index contributed by atoms with van der Waals surface area (Å²) in [7, 11) is 2.00. The van der Waals surface area contributed by atoms with Crippen LogP contribution in [0.4, 0.5) is 0 Å². The van der Waals surface area contributed by atoms with Crippen molar-refractivity contribution >= 4 is 29.9 Å². The lowest BCUT2D eigenvalue weighted by Crippen LogP contribution is -2.43. The predicted molar refractivity (Wildman–Crippen MR) is 119 cm³/mol. The molecule has 7 heteroatoms. The molecule has 0 amide bonds. The van der Waals surface area contributed by atoms with E-state index in [4.69, 9.17) is 9.73 Å². The SMILES string of the molecule is CCNC(=NCCC1=CCOCC1)NC(C)Cc1c(C)nn(C)c1C.I. The fraction of sp³-hybridized carbons (Fsp3) is 0.684. The van der Waals surface area contributed by atoms with E-state index in [9.17, 15) is 0 Å². The Hall–Kier alpha value is -1.09. The van der Waals surface area contributed by atoms with Crippen LogP contribution in [0.2, 0.25) is 0 Å². The maximum absolute atomic E-state index is 5.35. The maximum atomic E-state index is 5.35. The molecular formula is C19H34IN5O. The Bertz CT molecular complexity index is 624. The first-order valence-electron chi connectivity index (χ1n) is 9.30. The highest BCUT2D eigenvalue weighted by Gasteiger charge is 2.14. The van der Waals surface area contributed by atoms with Gasteiger partial charge < -0.3 is 15.4 Å². The summed E-state index contributed by atoms with van der Waals surface area (Å²) in [6, 6.07) is 0.293. The normalized spacial score (nSPS) is 15.9. The van der Waals surface area contributed by atoms with E-state index >= 15 is 0 Å². The van der Waals surface area contributed by atoms with Gasteiger partial charge in [-0.25, -0.2) is 0 Å². The molecule has 1 unspecified atom stereocenters. The van der Waals surface area contributed by atoms with Crippen LogP contribution in [0.25, 0.3) is 0 Å². The van der Waals surface area contributed by atoms with Gasteiger partial charge in [-0.05, 0) is 52.5 Å². The Morgan fingerprint density at radius 3 is 2.77 bits per heavy atom. The molecule has 0 aromatic carbocycles. The Kier molecular flexibility index (Phi) is 10.2. The van der Waals surface area contributed by atoms with Crippen LogP contribution in [0.1, 0.15) is 43.6 Å². The first-order chi connectivity index (χ1) is 12.0. The molecule has 0 saturated carbocycles. The number of nitrogens with zero attached hydrogens (tertiary/aromatic N) is 3. The topological polar surface area (TPSA) is 63.5 Å². The van der Waals surface area contributed by atoms with Gasteiger partial charge in [-0.2, -0.15) is 5.10 Å². The highest BCUT2D eigenvalue weighted by Crippen LogP contribution is 2.14. The van der Waals surface area contributed by atoms with Gasteiger partial charge in [0.25, 0.3) is 0 Å². The van der Waals surface area contributed by atoms with Gasteiger partial charge in [-0.3, -0.25) is 9.67 Å². The van der Waals surface area contributed by atoms with E-state index in [0.717, 1.165) is 57.2 Å². The summed E-state index contributed by atoms with van der Waals surface area (Å²) in [4.78, 5) is 4.73. The van der Waals surface area contributed by atoms with Gasteiger partial charge in [0.1, 0.15) is 0 Å². The van der Waals surface area contributed by atoms with Crippen LogP contribution in [-0.4, -0.2) is 48.1 Å². The number of rotatable bonds is 7. The third-order valence-corrected chi connectivity index (χ3v) is 4.66. The molecule has 0 saturated heterocycles. The second-order valence-corrected chi connectivity index (χ2v) is 6.72. The Morgan fingerprint density at radius 2 is 2.19 bits per heavy atom. The smallest absolute Gasteiger partial charge is 0.191 e. The summed E-state index contributed by atoms with van der Waals surface area (Å²) in [6.45, 7) is 11.8. The van der Waals surface area contributed by atoms with Crippen molar-refractivity contribution in [1.82, 2.24) is 20.4 Å². The molecule has 0 radical (unpaired) electrons. The van der Waals surface area contributed by atoms with E-state index in [2.05, 4.69) is 49.5 Å². The number of aromatic nitrogens is 2. The summed E-state index contributed by atoms with van der Waals surface area (Å²) in [5.41, 5.74) is 5.13. The second-order valence-electron chi connectivity index (χ2n) is 6.72. The molecule has 1 aromatic rings. The third-order valence-electron chi connectivity index (χ3n) is 4.66. The standard InChI is InChI=1S/C19H33N5O.HI/c1-6-20-19(21-10-7-17-8-11-25-12-9-17)22-14(2)13-18-15(3)23-24(5)16(18)4;/h8,14H,6-7,9-13H2,1-5H3,(H2,20,21,22);1H. The maximum Gasteiger partial charge on any atom is 0.191 e. The summed E-state index contributed by atoms with van der Waals surface area (Å²) in [5, 5.41) is 11.4. The van der Waals surface area contributed by atoms with Crippen molar-refractivity contribution in [1.29, 1.82) is 0 Å². The zero-order valence-corrected chi connectivity index (χ0v) is 19.1. The molecule has 26 heavy (non-hydrogen) atoms. The van der Waals surface area contributed by atoms with Gasteiger partial charge in [0, 0.05) is 31.9 Å². The molecule has 1 aromatic heterocycles. The summed E-state index contributed by atoms with van der Waals surface area (Å²) in [6.07, 6.45) is 5.18. The van der Waals surface area contributed by atoms with E-state index in [1.165, 1.54) is 16.8 Å². The number of nitrogens with one attached hydrogen (secondary N) is 2. The van der Waals surface area contributed by atoms with E-state index < -0.39 is 0 Å². The van der Waals surface area contributed by atoms with Crippen LogP contribution in [0.5, 0.6) is 0 Å². The number of hydrogen-bond acceptors (Lipinski definition) is 3. The van der Waals surface area contributed by atoms with Gasteiger partial charge in [0.15, 0.2) is 5.96 Å².